The zero-order chi connectivity index (χ0) is 44.2. The molecule has 3 heterocycles. The molecule has 1 saturated heterocycles. The summed E-state index contributed by atoms with van der Waals surface area (Å²) in [4.78, 5) is 112. The molecule has 1 saturated carbocycles. The lowest BCUT2D eigenvalue weighted by atomic mass is 9.94. The summed E-state index contributed by atoms with van der Waals surface area (Å²) in [7, 11) is 0. The first-order valence-electron chi connectivity index (χ1n) is 20.5. The number of nitrogens with zero attached hydrogens (tertiary/aromatic N) is 2. The molecule has 1 aliphatic heterocycles. The van der Waals surface area contributed by atoms with Crippen LogP contribution in [0.5, 0.6) is 0 Å². The van der Waals surface area contributed by atoms with Crippen molar-refractivity contribution in [3.05, 3.63) is 90.1 Å². The maximum atomic E-state index is 14.4. The number of H-pyrrole nitrogens is 2. The summed E-state index contributed by atoms with van der Waals surface area (Å²) in [6.45, 7) is 0.101. The van der Waals surface area contributed by atoms with Crippen LogP contribution in [0.1, 0.15) is 61.8 Å². The quantitative estimate of drug-likeness (QED) is 0.0482. The fraction of sp³-hybridized carbons (Fsp3) is 0.405. The largest absolute Gasteiger partial charge is 0.370 e. The van der Waals surface area contributed by atoms with Crippen molar-refractivity contribution >= 4 is 58.2 Å². The van der Waals surface area contributed by atoms with Gasteiger partial charge in [-0.3, -0.25) is 38.6 Å². The Labute approximate surface area is 356 Å². The average molecular weight is 852 g/mol. The third-order valence-electron chi connectivity index (χ3n) is 11.1. The van der Waals surface area contributed by atoms with Gasteiger partial charge in [-0.05, 0) is 42.9 Å². The van der Waals surface area contributed by atoms with Crippen molar-refractivity contribution < 1.29 is 33.6 Å². The molecule has 20 heteroatoms. The summed E-state index contributed by atoms with van der Waals surface area (Å²) in [6, 6.07) is 9.47. The number of nitrogens with two attached hydrogens (primary N) is 3. The zero-order valence-corrected chi connectivity index (χ0v) is 34.1. The molecule has 6 rings (SSSR count). The van der Waals surface area contributed by atoms with Crippen LogP contribution >= 0.6 is 0 Å². The number of carbonyl (C=O) groups excluding carboxylic acids is 7. The molecule has 5 atom stereocenters. The number of rotatable bonds is 11. The van der Waals surface area contributed by atoms with Crippen molar-refractivity contribution in [1.29, 1.82) is 0 Å². The molecule has 0 unspecified atom stereocenters. The van der Waals surface area contributed by atoms with E-state index in [1.54, 1.807) is 36.5 Å². The van der Waals surface area contributed by atoms with Crippen molar-refractivity contribution in [2.45, 2.75) is 100.0 Å². The van der Waals surface area contributed by atoms with E-state index in [0.29, 0.717) is 29.7 Å². The van der Waals surface area contributed by atoms with Crippen LogP contribution < -0.4 is 49.1 Å². The number of imidazole rings is 1. The Morgan fingerprint density at radius 1 is 0.726 bits per heavy atom. The third-order valence-corrected chi connectivity index (χ3v) is 11.1. The molecule has 2 aliphatic rings. The lowest BCUT2D eigenvalue weighted by molar-refractivity contribution is -0.137. The number of hydrogen-bond acceptors (Lipinski definition) is 9. The number of aromatic amines is 2. The Bertz CT molecular complexity index is 2270. The standard InChI is InChI=1S/C42H53N13O7/c43-35(57)30-20-34(56)55-42(14-6-7-15-42)40(62)54-33(19-26-22-46-23-49-26)39(61)52-31(17-24-9-2-1-3-10-24)37(59)50-29(13-8-16-47-41(44)45)36(58)53-32(38(60)51-30)18-25-21-48-28-12-5-4-11-27(25)28/h1-5,9-12,21-23,29-33,48H,6-8,13-20H2,(H2,43,57)(H,46,49)(H,50,59)(H,51,60)(H,52,61)(H,53,58)(H,54,62)(H,55,56)(H4,44,45,47)/t29-,30-,31+,32-,33-/m0/s1. The smallest absolute Gasteiger partial charge is 0.246 e. The molecule has 2 aromatic carbocycles. The van der Waals surface area contributed by atoms with Gasteiger partial charge in [0.15, 0.2) is 5.96 Å². The lowest BCUT2D eigenvalue weighted by Crippen LogP contribution is -2.63. The Hall–Kier alpha value is -7.25. The van der Waals surface area contributed by atoms with Crippen LogP contribution in [0.15, 0.2) is 78.3 Å². The van der Waals surface area contributed by atoms with E-state index in [9.17, 15) is 33.6 Å². The van der Waals surface area contributed by atoms with Crippen LogP contribution in [0.25, 0.3) is 10.9 Å². The van der Waals surface area contributed by atoms with Gasteiger partial charge in [0.25, 0.3) is 0 Å². The minimum atomic E-state index is -1.55. The van der Waals surface area contributed by atoms with Gasteiger partial charge < -0.3 is 59.1 Å². The highest BCUT2D eigenvalue weighted by molar-refractivity contribution is 6.00. The highest BCUT2D eigenvalue weighted by Gasteiger charge is 2.45. The van der Waals surface area contributed by atoms with E-state index in [4.69, 9.17) is 17.2 Å². The predicted molar refractivity (Wildman–Crippen MR) is 227 cm³/mol. The number of nitrogens with one attached hydrogen (secondary N) is 8. The molecule has 0 radical (unpaired) electrons. The van der Waals surface area contributed by atoms with Crippen molar-refractivity contribution in [1.82, 2.24) is 46.9 Å². The topological polar surface area (TPSA) is 327 Å². The molecule has 0 bridgehead atoms. The van der Waals surface area contributed by atoms with E-state index >= 15 is 0 Å². The third kappa shape index (κ3) is 11.5. The first kappa shape index (κ1) is 44.3. The van der Waals surface area contributed by atoms with Gasteiger partial charge in [0.1, 0.15) is 35.7 Å². The van der Waals surface area contributed by atoms with Gasteiger partial charge in [0, 0.05) is 54.8 Å². The van der Waals surface area contributed by atoms with Crippen LogP contribution in [-0.4, -0.2) is 105 Å². The number of hydrogen-bond donors (Lipinski definition) is 11. The second-order valence-electron chi connectivity index (χ2n) is 15.7. The number of fused-ring (bicyclic) bond motifs is 1. The van der Waals surface area contributed by atoms with Crippen LogP contribution in [0, 0.1) is 0 Å². The van der Waals surface area contributed by atoms with Crippen molar-refractivity contribution in [2.24, 2.45) is 22.2 Å². The highest BCUT2D eigenvalue weighted by Crippen LogP contribution is 2.30. The Morgan fingerprint density at radius 2 is 1.35 bits per heavy atom. The second kappa shape index (κ2) is 20.3. The zero-order valence-electron chi connectivity index (χ0n) is 34.1. The van der Waals surface area contributed by atoms with Crippen LogP contribution in [-0.2, 0) is 52.8 Å². The van der Waals surface area contributed by atoms with Gasteiger partial charge >= 0.3 is 0 Å². The predicted octanol–water partition coefficient (Wildman–Crippen LogP) is -1.29. The second-order valence-corrected chi connectivity index (χ2v) is 15.7. The SMILES string of the molecule is NC(=O)[C@@H]1CC(=O)NC2(CCCC2)C(=O)N[C@@H](Cc2cnc[nH]2)C(=O)N[C@H](Cc2ccccc2)C(=O)N[C@@H](CCCN=C(N)N)C(=O)N[C@@H](Cc2c[nH]c3ccccc23)C(=O)N1. The first-order chi connectivity index (χ1) is 29.8. The Morgan fingerprint density at radius 3 is 2.03 bits per heavy atom. The van der Waals surface area contributed by atoms with Gasteiger partial charge in [-0.2, -0.15) is 0 Å². The number of guanidine groups is 1. The van der Waals surface area contributed by atoms with Gasteiger partial charge in [0.05, 0.1) is 12.7 Å². The normalized spacial score (nSPS) is 22.8. The van der Waals surface area contributed by atoms with Crippen molar-refractivity contribution in [2.75, 3.05) is 6.54 Å². The molecule has 14 N–H and O–H groups in total. The summed E-state index contributed by atoms with van der Waals surface area (Å²) in [6.07, 6.45) is 5.60. The summed E-state index contributed by atoms with van der Waals surface area (Å²) >= 11 is 0. The molecule has 2 fully saturated rings. The molecule has 4 aromatic rings. The Balaban J connectivity index is 1.40. The molecule has 20 nitrogen and oxygen atoms in total. The lowest BCUT2D eigenvalue weighted by Gasteiger charge is -2.32. The Kier molecular flexibility index (Phi) is 14.5. The van der Waals surface area contributed by atoms with Gasteiger partial charge in [-0.25, -0.2) is 4.98 Å². The maximum Gasteiger partial charge on any atom is 0.246 e. The van der Waals surface area contributed by atoms with Gasteiger partial charge in [-0.1, -0.05) is 61.4 Å². The van der Waals surface area contributed by atoms with Crippen LogP contribution in [0.3, 0.4) is 0 Å². The summed E-state index contributed by atoms with van der Waals surface area (Å²) in [5.41, 5.74) is 17.9. The molecule has 1 aliphatic carbocycles. The number of aliphatic imine (C=N–C) groups is 1. The molecule has 7 amide bonds. The molecular formula is C42H53N13O7. The van der Waals surface area contributed by atoms with E-state index in [1.165, 1.54) is 12.5 Å². The summed E-state index contributed by atoms with van der Waals surface area (Å²) in [5, 5.41) is 17.2. The number of aromatic nitrogens is 3. The van der Waals surface area contributed by atoms with Crippen LogP contribution in [0.4, 0.5) is 0 Å². The first-order valence-corrected chi connectivity index (χ1v) is 20.5. The van der Waals surface area contributed by atoms with E-state index in [-0.39, 0.29) is 57.5 Å². The van der Waals surface area contributed by atoms with Crippen molar-refractivity contribution in [3.8, 4) is 0 Å². The summed E-state index contributed by atoms with van der Waals surface area (Å²) in [5.74, 6) is -5.69. The highest BCUT2D eigenvalue weighted by atomic mass is 16.2. The minimum Gasteiger partial charge on any atom is -0.370 e. The molecule has 1 spiro atoms. The van der Waals surface area contributed by atoms with Crippen molar-refractivity contribution in [3.63, 3.8) is 0 Å². The fourth-order valence-corrected chi connectivity index (χ4v) is 7.89. The monoisotopic (exact) mass is 851 g/mol. The fourth-order valence-electron chi connectivity index (χ4n) is 7.89. The van der Waals surface area contributed by atoms with Crippen LogP contribution in [0.2, 0.25) is 0 Å². The summed E-state index contributed by atoms with van der Waals surface area (Å²) < 4.78 is 0. The number of para-hydroxylation sites is 1. The molecule has 2 aromatic heterocycles. The van der Waals surface area contributed by atoms with E-state index < -0.39 is 83.5 Å². The minimum absolute atomic E-state index is 0.00749. The number of primary amides is 1. The molecule has 62 heavy (non-hydrogen) atoms. The number of carbonyl (C=O) groups is 7. The number of amides is 7. The number of benzene rings is 2. The maximum absolute atomic E-state index is 14.4. The molecular weight excluding hydrogens is 799 g/mol. The molecule has 328 valence electrons. The van der Waals surface area contributed by atoms with Gasteiger partial charge in [-0.15, -0.1) is 0 Å². The van der Waals surface area contributed by atoms with Gasteiger partial charge in [0.2, 0.25) is 41.4 Å². The van der Waals surface area contributed by atoms with E-state index in [0.717, 1.165) is 10.9 Å². The average Bonchev–Trinajstić information content (AvgIpc) is 4.03. The van der Waals surface area contributed by atoms with E-state index in [1.807, 2.05) is 24.3 Å². The van der Waals surface area contributed by atoms with E-state index in [2.05, 4.69) is 51.8 Å².